The van der Waals surface area contributed by atoms with E-state index in [4.69, 9.17) is 4.74 Å². The number of aryl methyl sites for hydroxylation is 1. The van der Waals surface area contributed by atoms with Crippen LogP contribution in [-0.4, -0.2) is 22.3 Å². The molecular formula is C18H22N2O4. The molecule has 24 heavy (non-hydrogen) atoms. The smallest absolute Gasteiger partial charge is 0.406 e. The Morgan fingerprint density at radius 3 is 2.38 bits per heavy atom. The third-order valence-corrected chi connectivity index (χ3v) is 6.14. The molecular weight excluding hydrogens is 308 g/mol. The van der Waals surface area contributed by atoms with Gasteiger partial charge in [0.15, 0.2) is 5.78 Å². The number of nitro groups is 1. The van der Waals surface area contributed by atoms with Crippen LogP contribution >= 0.6 is 0 Å². The summed E-state index contributed by atoms with van der Waals surface area (Å²) in [5.41, 5.74) is 0.322. The Morgan fingerprint density at radius 2 is 1.83 bits per heavy atom. The molecule has 4 aliphatic rings. The number of hydrogen-bond donors (Lipinski definition) is 0. The van der Waals surface area contributed by atoms with Gasteiger partial charge in [-0.15, -0.1) is 0 Å². The molecule has 4 bridgehead atoms. The number of Topliss-reactive ketones (excluding diaryl/α,β-unsaturated/α-hetero) is 1. The van der Waals surface area contributed by atoms with Crippen molar-refractivity contribution in [1.29, 1.82) is 0 Å². The number of ether oxygens (including phenoxy) is 1. The van der Waals surface area contributed by atoms with Crippen molar-refractivity contribution in [2.75, 3.05) is 6.61 Å². The average molecular weight is 330 g/mol. The minimum atomic E-state index is -0.558. The van der Waals surface area contributed by atoms with Crippen LogP contribution < -0.4 is 4.74 Å². The Bertz CT molecular complexity index is 665. The number of ketones is 1. The fourth-order valence-electron chi connectivity index (χ4n) is 5.52. The van der Waals surface area contributed by atoms with Gasteiger partial charge in [-0.25, -0.2) is 0 Å². The Hall–Kier alpha value is -1.98. The summed E-state index contributed by atoms with van der Waals surface area (Å²) in [7, 11) is 0. The minimum absolute atomic E-state index is 0.0856. The van der Waals surface area contributed by atoms with Crippen molar-refractivity contribution in [3.8, 4) is 5.75 Å². The van der Waals surface area contributed by atoms with E-state index in [1.807, 2.05) is 0 Å². The number of rotatable bonds is 5. The van der Waals surface area contributed by atoms with Gasteiger partial charge in [0.25, 0.3) is 0 Å². The molecule has 4 aliphatic carbocycles. The number of aromatic nitrogens is 1. The molecule has 0 atom stereocenters. The van der Waals surface area contributed by atoms with E-state index < -0.39 is 4.92 Å². The van der Waals surface area contributed by atoms with Gasteiger partial charge in [0.1, 0.15) is 12.3 Å². The number of nitrogens with zero attached hydrogens (tertiary/aromatic N) is 2. The lowest BCUT2D eigenvalue weighted by molar-refractivity contribution is -0.390. The van der Waals surface area contributed by atoms with E-state index in [-0.39, 0.29) is 29.4 Å². The number of pyridine rings is 1. The summed E-state index contributed by atoms with van der Waals surface area (Å²) in [6.07, 6.45) is 6.78. The molecule has 6 nitrogen and oxygen atoms in total. The van der Waals surface area contributed by atoms with Crippen molar-refractivity contribution in [2.45, 2.75) is 45.4 Å². The van der Waals surface area contributed by atoms with Crippen LogP contribution in [0.15, 0.2) is 12.1 Å². The predicted octanol–water partition coefficient (Wildman–Crippen LogP) is 3.46. The third kappa shape index (κ3) is 2.58. The quantitative estimate of drug-likeness (QED) is 0.610. The average Bonchev–Trinajstić information content (AvgIpc) is 2.52. The van der Waals surface area contributed by atoms with Gasteiger partial charge in [0.2, 0.25) is 5.75 Å². The molecule has 0 N–H and O–H groups in total. The molecule has 0 saturated heterocycles. The summed E-state index contributed by atoms with van der Waals surface area (Å²) in [6.45, 7) is 1.61. The molecule has 1 aromatic heterocycles. The first-order valence-electron chi connectivity index (χ1n) is 8.73. The highest BCUT2D eigenvalue weighted by Gasteiger charge is 2.54. The molecule has 128 valence electrons. The lowest BCUT2D eigenvalue weighted by atomic mass is 9.48. The minimum Gasteiger partial charge on any atom is -0.478 e. The fraction of sp³-hybridized carbons (Fsp3) is 0.667. The fourth-order valence-corrected chi connectivity index (χ4v) is 5.52. The van der Waals surface area contributed by atoms with Gasteiger partial charge >= 0.3 is 5.82 Å². The van der Waals surface area contributed by atoms with Crippen LogP contribution in [0, 0.1) is 40.2 Å². The van der Waals surface area contributed by atoms with Gasteiger partial charge in [-0.05, 0) is 78.3 Å². The van der Waals surface area contributed by atoms with Crippen LogP contribution in [0.2, 0.25) is 0 Å². The van der Waals surface area contributed by atoms with Crippen molar-refractivity contribution < 1.29 is 14.5 Å². The zero-order valence-electron chi connectivity index (χ0n) is 13.9. The number of carbonyl (C=O) groups is 1. The van der Waals surface area contributed by atoms with Crippen molar-refractivity contribution in [2.24, 2.45) is 23.2 Å². The van der Waals surface area contributed by atoms with E-state index in [1.165, 1.54) is 25.3 Å². The first kappa shape index (κ1) is 15.5. The third-order valence-electron chi connectivity index (χ3n) is 6.14. The maximum absolute atomic E-state index is 12.9. The van der Waals surface area contributed by atoms with Crippen molar-refractivity contribution in [3.63, 3.8) is 0 Å². The summed E-state index contributed by atoms with van der Waals surface area (Å²) in [6, 6.07) is 3.20. The number of hydrogen-bond acceptors (Lipinski definition) is 5. The Kier molecular flexibility index (Phi) is 3.58. The van der Waals surface area contributed by atoms with E-state index in [0.29, 0.717) is 23.4 Å². The molecule has 0 aromatic carbocycles. The molecule has 4 saturated carbocycles. The maximum atomic E-state index is 12.9. The van der Waals surface area contributed by atoms with Crippen LogP contribution in [0.4, 0.5) is 5.82 Å². The predicted molar refractivity (Wildman–Crippen MR) is 86.7 cm³/mol. The zero-order valence-corrected chi connectivity index (χ0v) is 13.9. The summed E-state index contributed by atoms with van der Waals surface area (Å²) < 4.78 is 5.55. The van der Waals surface area contributed by atoms with Crippen molar-refractivity contribution >= 4 is 11.6 Å². The first-order valence-corrected chi connectivity index (χ1v) is 8.73. The van der Waals surface area contributed by atoms with Gasteiger partial charge < -0.3 is 14.9 Å². The normalized spacial score (nSPS) is 33.5. The summed E-state index contributed by atoms with van der Waals surface area (Å²) in [5, 5.41) is 11.1. The lowest BCUT2D eigenvalue weighted by Gasteiger charge is -2.55. The lowest BCUT2D eigenvalue weighted by Crippen LogP contribution is -2.51. The summed E-state index contributed by atoms with van der Waals surface area (Å²) in [5.74, 6) is 1.97. The largest absolute Gasteiger partial charge is 0.478 e. The van der Waals surface area contributed by atoms with Gasteiger partial charge in [0.05, 0.1) is 0 Å². The Balaban J connectivity index is 1.49. The van der Waals surface area contributed by atoms with Gasteiger partial charge in [-0.3, -0.25) is 4.79 Å². The van der Waals surface area contributed by atoms with E-state index in [2.05, 4.69) is 4.98 Å². The second-order valence-corrected chi connectivity index (χ2v) is 7.94. The molecule has 4 fully saturated rings. The molecule has 1 aromatic rings. The van der Waals surface area contributed by atoms with Crippen LogP contribution in [0.3, 0.4) is 0 Å². The molecule has 0 unspecified atom stereocenters. The molecule has 1 heterocycles. The molecule has 0 amide bonds. The zero-order chi connectivity index (χ0) is 16.9. The highest BCUT2D eigenvalue weighted by atomic mass is 16.6. The second-order valence-electron chi connectivity index (χ2n) is 7.94. The topological polar surface area (TPSA) is 82.3 Å². The second kappa shape index (κ2) is 5.53. The number of carbonyl (C=O) groups excluding carboxylic acids is 1. The molecule has 0 spiro atoms. The van der Waals surface area contributed by atoms with Crippen molar-refractivity contribution in [3.05, 3.63) is 27.9 Å². The van der Waals surface area contributed by atoms with Crippen LogP contribution in [0.25, 0.3) is 0 Å². The van der Waals surface area contributed by atoms with E-state index in [1.54, 1.807) is 13.0 Å². The maximum Gasteiger partial charge on any atom is 0.406 e. The molecule has 0 aliphatic heterocycles. The molecule has 0 radical (unpaired) electrons. The van der Waals surface area contributed by atoms with Crippen LogP contribution in [0.5, 0.6) is 5.75 Å². The molecule has 5 rings (SSSR count). The van der Waals surface area contributed by atoms with Crippen LogP contribution in [0.1, 0.15) is 44.2 Å². The first-order chi connectivity index (χ1) is 11.4. The van der Waals surface area contributed by atoms with Gasteiger partial charge in [-0.1, -0.05) is 0 Å². The Labute approximate surface area is 140 Å². The SMILES string of the molecule is Cc1ccc(OCC(=O)C23CC4CC(CC(C4)C2)C3)c([N+](=O)[O-])n1. The van der Waals surface area contributed by atoms with Gasteiger partial charge in [-0.2, -0.15) is 0 Å². The highest BCUT2D eigenvalue weighted by molar-refractivity contribution is 5.86. The Morgan fingerprint density at radius 1 is 1.25 bits per heavy atom. The molecule has 6 heteroatoms. The van der Waals surface area contributed by atoms with E-state index in [9.17, 15) is 14.9 Å². The van der Waals surface area contributed by atoms with E-state index >= 15 is 0 Å². The summed E-state index contributed by atoms with van der Waals surface area (Å²) in [4.78, 5) is 27.4. The van der Waals surface area contributed by atoms with Crippen molar-refractivity contribution in [1.82, 2.24) is 4.98 Å². The van der Waals surface area contributed by atoms with E-state index in [0.717, 1.165) is 19.3 Å². The standard InChI is InChI=1S/C18H22N2O4/c1-11-2-3-15(17(19-11)20(22)23)24-10-16(21)18-7-12-4-13(8-18)6-14(5-12)9-18/h2-3,12-14H,4-10H2,1H3. The van der Waals surface area contributed by atoms with Gasteiger partial charge in [0, 0.05) is 12.3 Å². The highest BCUT2D eigenvalue weighted by Crippen LogP contribution is 2.60. The monoisotopic (exact) mass is 330 g/mol. The van der Waals surface area contributed by atoms with Crippen LogP contribution in [-0.2, 0) is 4.79 Å². The summed E-state index contributed by atoms with van der Waals surface area (Å²) >= 11 is 0.